The number of nitrogens with one attached hydrogen (secondary N) is 1. The summed E-state index contributed by atoms with van der Waals surface area (Å²) in [4.78, 5) is 0. The monoisotopic (exact) mass is 348 g/mol. The number of benzene rings is 2. The molecular weight excluding hydrogens is 331 g/mol. The highest BCUT2D eigenvalue weighted by molar-refractivity contribution is 9.10. The third-order valence-electron chi connectivity index (χ3n) is 4.26. The van der Waals surface area contributed by atoms with E-state index in [1.165, 1.54) is 37.0 Å². The molecule has 2 aromatic rings. The zero-order valence-electron chi connectivity index (χ0n) is 11.7. The Morgan fingerprint density at radius 1 is 1.19 bits per heavy atom. The average Bonchev–Trinajstić information content (AvgIpc) is 2.42. The molecule has 110 valence electrons. The predicted octanol–water partition coefficient (Wildman–Crippen LogP) is 4.41. The van der Waals surface area contributed by atoms with Crippen molar-refractivity contribution < 1.29 is 4.39 Å². The van der Waals surface area contributed by atoms with E-state index in [4.69, 9.17) is 5.84 Å². The van der Waals surface area contributed by atoms with Crippen molar-refractivity contribution in [3.05, 3.63) is 69.4 Å². The lowest BCUT2D eigenvalue weighted by Gasteiger charge is -2.27. The Balaban J connectivity index is 1.97. The summed E-state index contributed by atoms with van der Waals surface area (Å²) in [5.41, 5.74) is 6.03. The highest BCUT2D eigenvalue weighted by atomic mass is 79.9. The molecule has 1 atom stereocenters. The first kappa shape index (κ1) is 14.7. The van der Waals surface area contributed by atoms with Crippen LogP contribution >= 0.6 is 15.9 Å². The van der Waals surface area contributed by atoms with Crippen LogP contribution in [0.1, 0.15) is 47.9 Å². The summed E-state index contributed by atoms with van der Waals surface area (Å²) in [7, 11) is 0. The lowest BCUT2D eigenvalue weighted by Crippen LogP contribution is -2.29. The smallest absolute Gasteiger partial charge is 0.123 e. The Hall–Kier alpha value is -1.23. The lowest BCUT2D eigenvalue weighted by atomic mass is 9.79. The van der Waals surface area contributed by atoms with Gasteiger partial charge in [-0.15, -0.1) is 0 Å². The molecule has 1 aliphatic carbocycles. The molecule has 21 heavy (non-hydrogen) atoms. The van der Waals surface area contributed by atoms with Gasteiger partial charge in [-0.2, -0.15) is 0 Å². The van der Waals surface area contributed by atoms with Crippen molar-refractivity contribution in [3.63, 3.8) is 0 Å². The van der Waals surface area contributed by atoms with Gasteiger partial charge in [0.05, 0.1) is 6.04 Å². The van der Waals surface area contributed by atoms with Crippen LogP contribution in [0.5, 0.6) is 0 Å². The molecule has 1 aliphatic rings. The minimum Gasteiger partial charge on any atom is -0.271 e. The second-order valence-corrected chi connectivity index (χ2v) is 6.42. The van der Waals surface area contributed by atoms with Crippen LogP contribution in [0.15, 0.2) is 46.9 Å². The summed E-state index contributed by atoms with van der Waals surface area (Å²) < 4.78 is 14.4. The fraction of sp³-hybridized carbons (Fsp3) is 0.294. The molecule has 0 aliphatic heterocycles. The molecular formula is C17H18BrFN2. The van der Waals surface area contributed by atoms with Gasteiger partial charge in [-0.3, -0.25) is 5.84 Å². The molecule has 3 N–H and O–H groups in total. The zero-order chi connectivity index (χ0) is 14.8. The van der Waals surface area contributed by atoms with Crippen molar-refractivity contribution in [3.8, 4) is 0 Å². The van der Waals surface area contributed by atoms with Crippen molar-refractivity contribution >= 4 is 15.9 Å². The van der Waals surface area contributed by atoms with E-state index in [9.17, 15) is 4.39 Å². The van der Waals surface area contributed by atoms with E-state index < -0.39 is 0 Å². The van der Waals surface area contributed by atoms with E-state index in [0.29, 0.717) is 5.92 Å². The molecule has 2 aromatic carbocycles. The molecule has 0 saturated heterocycles. The van der Waals surface area contributed by atoms with Crippen molar-refractivity contribution in [2.75, 3.05) is 0 Å². The number of hydrazine groups is 1. The van der Waals surface area contributed by atoms with Gasteiger partial charge in [-0.25, -0.2) is 9.82 Å². The molecule has 2 nitrogen and oxygen atoms in total. The van der Waals surface area contributed by atoms with Crippen LogP contribution in [-0.2, 0) is 0 Å². The number of nitrogens with two attached hydrogens (primary N) is 1. The normalized spacial score (nSPS) is 16.5. The third kappa shape index (κ3) is 3.03. The average molecular weight is 349 g/mol. The summed E-state index contributed by atoms with van der Waals surface area (Å²) in [5, 5.41) is 0. The van der Waals surface area contributed by atoms with Crippen LogP contribution in [0, 0.1) is 5.82 Å². The van der Waals surface area contributed by atoms with Crippen LogP contribution in [0.2, 0.25) is 0 Å². The summed E-state index contributed by atoms with van der Waals surface area (Å²) in [6, 6.07) is 12.9. The van der Waals surface area contributed by atoms with Crippen LogP contribution in [0.25, 0.3) is 0 Å². The molecule has 0 aromatic heterocycles. The molecule has 0 amide bonds. The Kier molecular flexibility index (Phi) is 4.38. The number of hydrogen-bond acceptors (Lipinski definition) is 2. The first-order chi connectivity index (χ1) is 10.2. The topological polar surface area (TPSA) is 38.0 Å². The first-order valence-corrected chi connectivity index (χ1v) is 7.99. The quantitative estimate of drug-likeness (QED) is 0.634. The molecule has 1 fully saturated rings. The molecule has 1 saturated carbocycles. The predicted molar refractivity (Wildman–Crippen MR) is 86.3 cm³/mol. The van der Waals surface area contributed by atoms with E-state index in [2.05, 4.69) is 39.6 Å². The number of halogens is 2. The van der Waals surface area contributed by atoms with Gasteiger partial charge in [-0.05, 0) is 53.6 Å². The van der Waals surface area contributed by atoms with Gasteiger partial charge in [-0.1, -0.05) is 46.6 Å². The largest absolute Gasteiger partial charge is 0.271 e. The maximum absolute atomic E-state index is 13.5. The maximum atomic E-state index is 13.5. The van der Waals surface area contributed by atoms with Gasteiger partial charge in [0.25, 0.3) is 0 Å². The summed E-state index contributed by atoms with van der Waals surface area (Å²) in [6.07, 6.45) is 3.82. The Morgan fingerprint density at radius 3 is 2.67 bits per heavy atom. The van der Waals surface area contributed by atoms with Crippen LogP contribution < -0.4 is 11.3 Å². The number of hydrogen-bond donors (Lipinski definition) is 2. The van der Waals surface area contributed by atoms with Gasteiger partial charge in [0, 0.05) is 4.47 Å². The molecule has 1 unspecified atom stereocenters. The zero-order valence-corrected chi connectivity index (χ0v) is 13.2. The second kappa shape index (κ2) is 6.26. The maximum Gasteiger partial charge on any atom is 0.123 e. The fourth-order valence-corrected chi connectivity index (χ4v) is 3.31. The SMILES string of the molecule is NNC(c1cccc(C2CCC2)c1)c1cc(F)ccc1Br. The van der Waals surface area contributed by atoms with E-state index in [1.54, 1.807) is 6.07 Å². The Morgan fingerprint density at radius 2 is 2.00 bits per heavy atom. The van der Waals surface area contributed by atoms with Gasteiger partial charge < -0.3 is 0 Å². The fourth-order valence-electron chi connectivity index (χ4n) is 2.84. The molecule has 0 radical (unpaired) electrons. The molecule has 0 spiro atoms. The van der Waals surface area contributed by atoms with Crippen molar-refractivity contribution in [1.29, 1.82) is 0 Å². The van der Waals surface area contributed by atoms with Crippen molar-refractivity contribution in [2.45, 2.75) is 31.2 Å². The van der Waals surface area contributed by atoms with E-state index in [-0.39, 0.29) is 11.9 Å². The Bertz CT molecular complexity index is 640. The molecule has 0 heterocycles. The standard InChI is InChI=1S/C17H18BrFN2/c18-16-8-7-14(19)10-15(16)17(21-20)13-6-2-5-12(9-13)11-3-1-4-11/h2,5-11,17,21H,1,3-4,20H2. The van der Waals surface area contributed by atoms with Crippen molar-refractivity contribution in [2.24, 2.45) is 5.84 Å². The lowest BCUT2D eigenvalue weighted by molar-refractivity contribution is 0.419. The van der Waals surface area contributed by atoms with Crippen molar-refractivity contribution in [1.82, 2.24) is 5.43 Å². The van der Waals surface area contributed by atoms with Gasteiger partial charge in [0.15, 0.2) is 0 Å². The minimum atomic E-state index is -0.261. The van der Waals surface area contributed by atoms with E-state index in [1.807, 2.05) is 6.07 Å². The second-order valence-electron chi connectivity index (χ2n) is 5.56. The highest BCUT2D eigenvalue weighted by Gasteiger charge is 2.22. The minimum absolute atomic E-state index is 0.227. The molecule has 0 bridgehead atoms. The number of rotatable bonds is 4. The first-order valence-electron chi connectivity index (χ1n) is 7.20. The van der Waals surface area contributed by atoms with Crippen LogP contribution in [0.3, 0.4) is 0 Å². The van der Waals surface area contributed by atoms with Gasteiger partial charge >= 0.3 is 0 Å². The summed E-state index contributed by atoms with van der Waals surface area (Å²) >= 11 is 3.48. The van der Waals surface area contributed by atoms with Crippen LogP contribution in [0.4, 0.5) is 4.39 Å². The van der Waals surface area contributed by atoms with E-state index >= 15 is 0 Å². The highest BCUT2D eigenvalue weighted by Crippen LogP contribution is 2.38. The third-order valence-corrected chi connectivity index (χ3v) is 4.98. The van der Waals surface area contributed by atoms with E-state index in [0.717, 1.165) is 15.6 Å². The summed E-state index contributed by atoms with van der Waals surface area (Å²) in [5.74, 6) is 6.14. The van der Waals surface area contributed by atoms with Gasteiger partial charge in [0.1, 0.15) is 5.82 Å². The Labute approximate surface area is 132 Å². The molecule has 4 heteroatoms. The summed E-state index contributed by atoms with van der Waals surface area (Å²) in [6.45, 7) is 0. The van der Waals surface area contributed by atoms with Crippen LogP contribution in [-0.4, -0.2) is 0 Å². The van der Waals surface area contributed by atoms with Gasteiger partial charge in [0.2, 0.25) is 0 Å². The molecule has 3 rings (SSSR count).